The molecule has 2 rings (SSSR count). The first-order valence-corrected chi connectivity index (χ1v) is 6.52. The Morgan fingerprint density at radius 1 is 1.29 bits per heavy atom. The average molecular weight is 289 g/mol. The summed E-state index contributed by atoms with van der Waals surface area (Å²) in [5.41, 5.74) is 1.11. The predicted octanol–water partition coefficient (Wildman–Crippen LogP) is 3.25. The first-order chi connectivity index (χ1) is 10.0. The quantitative estimate of drug-likeness (QED) is 0.831. The van der Waals surface area contributed by atoms with Gasteiger partial charge in [0, 0.05) is 6.07 Å². The van der Waals surface area contributed by atoms with Crippen LogP contribution in [0.2, 0.25) is 0 Å². The van der Waals surface area contributed by atoms with E-state index < -0.39 is 5.82 Å². The van der Waals surface area contributed by atoms with E-state index in [0.29, 0.717) is 5.75 Å². The molecular formula is C16H16FNO3. The van der Waals surface area contributed by atoms with Gasteiger partial charge >= 0.3 is 0 Å². The van der Waals surface area contributed by atoms with Crippen LogP contribution in [-0.2, 0) is 4.79 Å². The Hall–Kier alpha value is -2.56. The number of nitrogens with one attached hydrogen (secondary N) is 1. The van der Waals surface area contributed by atoms with Crippen LogP contribution in [0.5, 0.6) is 11.5 Å². The molecule has 4 nitrogen and oxygen atoms in total. The van der Waals surface area contributed by atoms with Crippen LogP contribution in [0.3, 0.4) is 0 Å². The van der Waals surface area contributed by atoms with Gasteiger partial charge < -0.3 is 15.2 Å². The first-order valence-electron chi connectivity index (χ1n) is 6.52. The molecule has 0 bridgehead atoms. The van der Waals surface area contributed by atoms with E-state index in [0.717, 1.165) is 11.6 Å². The molecule has 0 heterocycles. The average Bonchev–Trinajstić information content (AvgIpc) is 2.42. The minimum absolute atomic E-state index is 0.0355. The number of amides is 1. The van der Waals surface area contributed by atoms with Crippen molar-refractivity contribution in [2.24, 2.45) is 0 Å². The molecule has 0 aliphatic carbocycles. The molecule has 1 amide bonds. The highest BCUT2D eigenvalue weighted by molar-refractivity contribution is 5.90. The number of hydrogen-bond acceptors (Lipinski definition) is 3. The van der Waals surface area contributed by atoms with E-state index in [9.17, 15) is 9.18 Å². The molecular weight excluding hydrogens is 273 g/mol. The monoisotopic (exact) mass is 289 g/mol. The molecule has 0 aliphatic heterocycles. The zero-order chi connectivity index (χ0) is 15.2. The maximum Gasteiger partial charge on any atom is 0.227 e. The molecule has 0 unspecified atom stereocenters. The van der Waals surface area contributed by atoms with E-state index >= 15 is 0 Å². The molecule has 0 atom stereocenters. The van der Waals surface area contributed by atoms with Gasteiger partial charge in [0.25, 0.3) is 0 Å². The Labute approximate surface area is 122 Å². The van der Waals surface area contributed by atoms with Gasteiger partial charge in [-0.1, -0.05) is 12.1 Å². The predicted molar refractivity (Wildman–Crippen MR) is 78.0 cm³/mol. The number of benzene rings is 2. The fourth-order valence-corrected chi connectivity index (χ4v) is 1.78. The molecule has 0 spiro atoms. The van der Waals surface area contributed by atoms with Crippen LogP contribution in [0.1, 0.15) is 12.0 Å². The SMILES string of the molecule is Cc1cccc(OCCC(=O)Nc2ccc(O)cc2F)c1. The number of ether oxygens (including phenoxy) is 1. The molecule has 0 fully saturated rings. The Kier molecular flexibility index (Phi) is 4.77. The van der Waals surface area contributed by atoms with Gasteiger partial charge in [-0.3, -0.25) is 4.79 Å². The van der Waals surface area contributed by atoms with E-state index in [1.165, 1.54) is 12.1 Å². The van der Waals surface area contributed by atoms with Crippen molar-refractivity contribution >= 4 is 11.6 Å². The largest absolute Gasteiger partial charge is 0.508 e. The molecule has 110 valence electrons. The number of aromatic hydroxyl groups is 1. The van der Waals surface area contributed by atoms with Gasteiger partial charge in [0.1, 0.15) is 17.3 Å². The van der Waals surface area contributed by atoms with Gasteiger partial charge in [0.05, 0.1) is 18.7 Å². The summed E-state index contributed by atoms with van der Waals surface area (Å²) >= 11 is 0. The fourth-order valence-electron chi connectivity index (χ4n) is 1.78. The molecule has 2 N–H and O–H groups in total. The van der Waals surface area contributed by atoms with Crippen molar-refractivity contribution in [1.29, 1.82) is 0 Å². The highest BCUT2D eigenvalue weighted by Crippen LogP contribution is 2.19. The third-order valence-corrected chi connectivity index (χ3v) is 2.81. The summed E-state index contributed by atoms with van der Waals surface area (Å²) in [7, 11) is 0. The lowest BCUT2D eigenvalue weighted by molar-refractivity contribution is -0.116. The van der Waals surface area contributed by atoms with Crippen molar-refractivity contribution in [3.8, 4) is 11.5 Å². The molecule has 0 aliphatic rings. The van der Waals surface area contributed by atoms with Crippen LogP contribution < -0.4 is 10.1 Å². The summed E-state index contributed by atoms with van der Waals surface area (Å²) < 4.78 is 18.9. The van der Waals surface area contributed by atoms with E-state index in [1.807, 2.05) is 31.2 Å². The maximum atomic E-state index is 13.4. The molecule has 0 saturated carbocycles. The van der Waals surface area contributed by atoms with Crippen molar-refractivity contribution in [3.05, 3.63) is 53.8 Å². The van der Waals surface area contributed by atoms with Gasteiger partial charge in [-0.05, 0) is 36.8 Å². The Bertz CT molecular complexity index is 643. The topological polar surface area (TPSA) is 58.6 Å². The molecule has 0 aromatic heterocycles. The van der Waals surface area contributed by atoms with Crippen molar-refractivity contribution in [3.63, 3.8) is 0 Å². The standard InChI is InChI=1S/C16H16FNO3/c1-11-3-2-4-13(9-11)21-8-7-16(20)18-15-6-5-12(19)10-14(15)17/h2-6,9-10,19H,7-8H2,1H3,(H,18,20). The van der Waals surface area contributed by atoms with Crippen LogP contribution in [-0.4, -0.2) is 17.6 Å². The van der Waals surface area contributed by atoms with Crippen molar-refractivity contribution in [2.45, 2.75) is 13.3 Å². The van der Waals surface area contributed by atoms with Crippen LogP contribution in [0, 0.1) is 12.7 Å². The Balaban J connectivity index is 1.82. The lowest BCUT2D eigenvalue weighted by Gasteiger charge is -2.08. The third kappa shape index (κ3) is 4.49. The third-order valence-electron chi connectivity index (χ3n) is 2.81. The van der Waals surface area contributed by atoms with Crippen molar-refractivity contribution in [1.82, 2.24) is 0 Å². The summed E-state index contributed by atoms with van der Waals surface area (Å²) in [4.78, 5) is 11.7. The first kappa shape index (κ1) is 14.8. The van der Waals surface area contributed by atoms with Crippen molar-refractivity contribution < 1.29 is 19.0 Å². The summed E-state index contributed by atoms with van der Waals surface area (Å²) in [5.74, 6) is -0.526. The molecule has 21 heavy (non-hydrogen) atoms. The van der Waals surface area contributed by atoms with Crippen LogP contribution in [0.4, 0.5) is 10.1 Å². The second-order valence-electron chi connectivity index (χ2n) is 4.63. The van der Waals surface area contributed by atoms with E-state index in [4.69, 9.17) is 9.84 Å². The number of aryl methyl sites for hydroxylation is 1. The number of rotatable bonds is 5. The Morgan fingerprint density at radius 2 is 2.10 bits per heavy atom. The second kappa shape index (κ2) is 6.74. The summed E-state index contributed by atoms with van der Waals surface area (Å²) in [6, 6.07) is 11.1. The Morgan fingerprint density at radius 3 is 2.81 bits per heavy atom. The molecule has 5 heteroatoms. The summed E-state index contributed by atoms with van der Waals surface area (Å²) in [5, 5.41) is 11.5. The van der Waals surface area contributed by atoms with Gasteiger partial charge in [0.15, 0.2) is 0 Å². The normalized spacial score (nSPS) is 10.2. The van der Waals surface area contributed by atoms with Gasteiger partial charge in [0.2, 0.25) is 5.91 Å². The smallest absolute Gasteiger partial charge is 0.227 e. The summed E-state index contributed by atoms with van der Waals surface area (Å²) in [6.07, 6.45) is 0.105. The number of phenolic OH excluding ortho intramolecular Hbond substituents is 1. The van der Waals surface area contributed by atoms with E-state index in [2.05, 4.69) is 5.32 Å². The number of carbonyl (C=O) groups excluding carboxylic acids is 1. The highest BCUT2D eigenvalue weighted by Gasteiger charge is 2.08. The molecule has 2 aromatic carbocycles. The lowest BCUT2D eigenvalue weighted by atomic mass is 10.2. The highest BCUT2D eigenvalue weighted by atomic mass is 19.1. The van der Waals surface area contributed by atoms with Crippen LogP contribution in [0.15, 0.2) is 42.5 Å². The number of carbonyl (C=O) groups is 1. The number of halogens is 1. The van der Waals surface area contributed by atoms with Gasteiger partial charge in [-0.15, -0.1) is 0 Å². The molecule has 0 saturated heterocycles. The lowest BCUT2D eigenvalue weighted by Crippen LogP contribution is -2.16. The zero-order valence-corrected chi connectivity index (χ0v) is 11.6. The molecule has 0 radical (unpaired) electrons. The maximum absolute atomic E-state index is 13.4. The fraction of sp³-hybridized carbons (Fsp3) is 0.188. The van der Waals surface area contributed by atoms with Crippen LogP contribution in [0.25, 0.3) is 0 Å². The minimum atomic E-state index is -0.678. The van der Waals surface area contributed by atoms with E-state index in [-0.39, 0.29) is 30.4 Å². The number of anilines is 1. The van der Waals surface area contributed by atoms with Gasteiger partial charge in [-0.2, -0.15) is 0 Å². The number of phenols is 1. The van der Waals surface area contributed by atoms with Gasteiger partial charge in [-0.25, -0.2) is 4.39 Å². The second-order valence-corrected chi connectivity index (χ2v) is 4.63. The van der Waals surface area contributed by atoms with Crippen LogP contribution >= 0.6 is 0 Å². The minimum Gasteiger partial charge on any atom is -0.508 e. The number of hydrogen-bond donors (Lipinski definition) is 2. The van der Waals surface area contributed by atoms with Crippen molar-refractivity contribution in [2.75, 3.05) is 11.9 Å². The van der Waals surface area contributed by atoms with E-state index in [1.54, 1.807) is 0 Å². The molecule has 2 aromatic rings. The zero-order valence-electron chi connectivity index (χ0n) is 11.6. The summed E-state index contributed by atoms with van der Waals surface area (Å²) in [6.45, 7) is 2.15.